The molecule has 0 spiro atoms. The van der Waals surface area contributed by atoms with Crippen LogP contribution in [0.4, 0.5) is 0 Å². The van der Waals surface area contributed by atoms with E-state index in [1.165, 1.54) is 0 Å². The third-order valence-corrected chi connectivity index (χ3v) is 2.61. The van der Waals surface area contributed by atoms with Gasteiger partial charge < -0.3 is 4.90 Å². The second-order valence-electron chi connectivity index (χ2n) is 4.60. The van der Waals surface area contributed by atoms with Crippen molar-refractivity contribution in [2.24, 2.45) is 16.3 Å². The maximum absolute atomic E-state index is 5.42. The fraction of sp³-hybridized carbons (Fsp3) is 0.900. The standard InChI is InChI=1S/C10H24N4/c1-7-12-9(13-11)14(6)8(2)10(3,4)5/h8H,7,11H2,1-6H3,(H,12,13). The summed E-state index contributed by atoms with van der Waals surface area (Å²) in [6.07, 6.45) is 0. The second kappa shape index (κ2) is 5.20. The van der Waals surface area contributed by atoms with Gasteiger partial charge in [-0.05, 0) is 19.3 Å². The Kier molecular flexibility index (Phi) is 4.91. The van der Waals surface area contributed by atoms with E-state index in [0.717, 1.165) is 12.5 Å². The summed E-state index contributed by atoms with van der Waals surface area (Å²) in [6.45, 7) is 11.5. The number of rotatable bonds is 2. The van der Waals surface area contributed by atoms with Crippen LogP contribution in [0.1, 0.15) is 34.6 Å². The van der Waals surface area contributed by atoms with Crippen molar-refractivity contribution in [2.45, 2.75) is 40.7 Å². The zero-order valence-corrected chi connectivity index (χ0v) is 10.3. The fourth-order valence-corrected chi connectivity index (χ4v) is 1.17. The molecule has 0 saturated heterocycles. The molecule has 84 valence electrons. The van der Waals surface area contributed by atoms with Crippen LogP contribution in [0.3, 0.4) is 0 Å². The van der Waals surface area contributed by atoms with Gasteiger partial charge in [-0.3, -0.25) is 10.4 Å². The lowest BCUT2D eigenvalue weighted by Gasteiger charge is -2.36. The average molecular weight is 200 g/mol. The molecule has 0 heterocycles. The Hall–Kier alpha value is -0.770. The summed E-state index contributed by atoms with van der Waals surface area (Å²) in [6, 6.07) is 0.379. The van der Waals surface area contributed by atoms with Gasteiger partial charge in [-0.15, -0.1) is 0 Å². The summed E-state index contributed by atoms with van der Waals surface area (Å²) in [4.78, 5) is 6.36. The Bertz CT molecular complexity index is 193. The van der Waals surface area contributed by atoms with E-state index in [1.54, 1.807) is 0 Å². The summed E-state index contributed by atoms with van der Waals surface area (Å²) >= 11 is 0. The molecular weight excluding hydrogens is 176 g/mol. The predicted molar refractivity (Wildman–Crippen MR) is 62.0 cm³/mol. The summed E-state index contributed by atoms with van der Waals surface area (Å²) in [5.41, 5.74) is 2.84. The van der Waals surface area contributed by atoms with Gasteiger partial charge in [0.15, 0.2) is 0 Å². The molecule has 3 N–H and O–H groups in total. The van der Waals surface area contributed by atoms with Crippen LogP contribution < -0.4 is 11.3 Å². The lowest BCUT2D eigenvalue weighted by atomic mass is 9.87. The first-order valence-electron chi connectivity index (χ1n) is 5.08. The fourth-order valence-electron chi connectivity index (χ4n) is 1.17. The molecule has 1 atom stereocenters. The second-order valence-corrected chi connectivity index (χ2v) is 4.60. The Morgan fingerprint density at radius 2 is 2.00 bits per heavy atom. The first-order chi connectivity index (χ1) is 6.34. The Morgan fingerprint density at radius 1 is 1.50 bits per heavy atom. The summed E-state index contributed by atoms with van der Waals surface area (Å²) in [5, 5.41) is 0. The van der Waals surface area contributed by atoms with Crippen LogP contribution in [0.15, 0.2) is 4.99 Å². The molecule has 0 radical (unpaired) electrons. The number of hydrazine groups is 1. The predicted octanol–water partition coefficient (Wildman–Crippen LogP) is 1.19. The van der Waals surface area contributed by atoms with Crippen molar-refractivity contribution in [3.8, 4) is 0 Å². The van der Waals surface area contributed by atoms with E-state index in [2.05, 4.69) is 43.0 Å². The highest BCUT2D eigenvalue weighted by atomic mass is 15.4. The molecule has 0 rings (SSSR count). The lowest BCUT2D eigenvalue weighted by molar-refractivity contribution is 0.203. The minimum atomic E-state index is 0.208. The van der Waals surface area contributed by atoms with Gasteiger partial charge >= 0.3 is 0 Å². The van der Waals surface area contributed by atoms with E-state index < -0.39 is 0 Å². The van der Waals surface area contributed by atoms with Crippen LogP contribution in [0.2, 0.25) is 0 Å². The molecule has 14 heavy (non-hydrogen) atoms. The van der Waals surface area contributed by atoms with Crippen LogP contribution in [-0.4, -0.2) is 30.5 Å². The first kappa shape index (κ1) is 13.2. The van der Waals surface area contributed by atoms with E-state index >= 15 is 0 Å². The van der Waals surface area contributed by atoms with Gasteiger partial charge in [0.05, 0.1) is 0 Å². The molecule has 0 bridgehead atoms. The SMILES string of the molecule is CCN=C(NN)N(C)C(C)C(C)(C)C. The normalized spacial score (nSPS) is 15.2. The molecule has 1 unspecified atom stereocenters. The number of hydrogen-bond donors (Lipinski definition) is 2. The van der Waals surface area contributed by atoms with Gasteiger partial charge in [0.1, 0.15) is 0 Å². The minimum absolute atomic E-state index is 0.208. The van der Waals surface area contributed by atoms with Gasteiger partial charge in [-0.25, -0.2) is 5.84 Å². The number of nitrogens with one attached hydrogen (secondary N) is 1. The number of hydrogen-bond acceptors (Lipinski definition) is 2. The maximum Gasteiger partial charge on any atom is 0.208 e. The summed E-state index contributed by atoms with van der Waals surface area (Å²) < 4.78 is 0. The highest BCUT2D eigenvalue weighted by Crippen LogP contribution is 2.22. The van der Waals surface area contributed by atoms with Gasteiger partial charge in [0.2, 0.25) is 5.96 Å². The number of nitrogens with two attached hydrogens (primary N) is 1. The molecule has 0 aromatic carbocycles. The van der Waals surface area contributed by atoms with E-state index in [9.17, 15) is 0 Å². The van der Waals surface area contributed by atoms with Crippen molar-refractivity contribution >= 4 is 5.96 Å². The van der Waals surface area contributed by atoms with Crippen LogP contribution in [0, 0.1) is 5.41 Å². The molecular formula is C10H24N4. The van der Waals surface area contributed by atoms with Crippen molar-refractivity contribution < 1.29 is 0 Å². The van der Waals surface area contributed by atoms with E-state index in [1.807, 2.05) is 14.0 Å². The van der Waals surface area contributed by atoms with Gasteiger partial charge in [-0.2, -0.15) is 0 Å². The smallest absolute Gasteiger partial charge is 0.208 e. The molecule has 4 heteroatoms. The Balaban J connectivity index is 4.59. The van der Waals surface area contributed by atoms with Crippen LogP contribution in [0.5, 0.6) is 0 Å². The van der Waals surface area contributed by atoms with Gasteiger partial charge in [-0.1, -0.05) is 20.8 Å². The maximum atomic E-state index is 5.42. The van der Waals surface area contributed by atoms with Crippen LogP contribution in [0.25, 0.3) is 0 Å². The molecule has 0 aliphatic carbocycles. The van der Waals surface area contributed by atoms with E-state index in [-0.39, 0.29) is 5.41 Å². The molecule has 0 fully saturated rings. The summed E-state index contributed by atoms with van der Waals surface area (Å²) in [7, 11) is 2.00. The topological polar surface area (TPSA) is 53.6 Å². The van der Waals surface area contributed by atoms with E-state index in [0.29, 0.717) is 6.04 Å². The van der Waals surface area contributed by atoms with E-state index in [4.69, 9.17) is 5.84 Å². The largest absolute Gasteiger partial charge is 0.342 e. The monoisotopic (exact) mass is 200 g/mol. The number of nitrogens with zero attached hydrogens (tertiary/aromatic N) is 2. The highest BCUT2D eigenvalue weighted by molar-refractivity contribution is 5.79. The molecule has 0 aliphatic heterocycles. The number of aliphatic imine (C=N–C) groups is 1. The third-order valence-electron chi connectivity index (χ3n) is 2.61. The Morgan fingerprint density at radius 3 is 2.29 bits per heavy atom. The van der Waals surface area contributed by atoms with Crippen molar-refractivity contribution in [3.05, 3.63) is 0 Å². The summed E-state index contributed by atoms with van der Waals surface area (Å²) in [5.74, 6) is 6.16. The van der Waals surface area contributed by atoms with Gasteiger partial charge in [0, 0.05) is 19.6 Å². The van der Waals surface area contributed by atoms with Crippen molar-refractivity contribution in [1.82, 2.24) is 10.3 Å². The molecule has 0 amide bonds. The molecule has 0 saturated carbocycles. The molecule has 4 nitrogen and oxygen atoms in total. The highest BCUT2D eigenvalue weighted by Gasteiger charge is 2.25. The molecule has 0 aromatic heterocycles. The molecule has 0 aromatic rings. The zero-order chi connectivity index (χ0) is 11.4. The lowest BCUT2D eigenvalue weighted by Crippen LogP contribution is -2.50. The third kappa shape index (κ3) is 3.54. The number of guanidine groups is 1. The quantitative estimate of drug-likeness (QED) is 0.305. The molecule has 0 aliphatic rings. The van der Waals surface area contributed by atoms with Crippen LogP contribution >= 0.6 is 0 Å². The minimum Gasteiger partial charge on any atom is -0.342 e. The van der Waals surface area contributed by atoms with Gasteiger partial charge in [0.25, 0.3) is 0 Å². The van der Waals surface area contributed by atoms with Crippen LogP contribution in [-0.2, 0) is 0 Å². The van der Waals surface area contributed by atoms with Crippen molar-refractivity contribution in [3.63, 3.8) is 0 Å². The average Bonchev–Trinajstić information content (AvgIpc) is 2.10. The first-order valence-corrected chi connectivity index (χ1v) is 5.08. The zero-order valence-electron chi connectivity index (χ0n) is 10.3. The van der Waals surface area contributed by atoms with Crippen molar-refractivity contribution in [1.29, 1.82) is 0 Å². The Labute approximate surface area is 87.5 Å². The van der Waals surface area contributed by atoms with Crippen molar-refractivity contribution in [2.75, 3.05) is 13.6 Å².